The maximum Gasteiger partial charge on any atom is 0.125 e. The Hall–Kier alpha value is -2.64. The van der Waals surface area contributed by atoms with Crippen molar-refractivity contribution in [3.63, 3.8) is 0 Å². The van der Waals surface area contributed by atoms with Gasteiger partial charge in [0.15, 0.2) is 0 Å². The molecular formula is C18H15N3S. The van der Waals surface area contributed by atoms with Gasteiger partial charge in [-0.15, -0.1) is 11.3 Å². The van der Waals surface area contributed by atoms with E-state index in [4.69, 9.17) is 0 Å². The van der Waals surface area contributed by atoms with Crippen LogP contribution in [0.15, 0.2) is 42.6 Å². The second-order valence-corrected chi connectivity index (χ2v) is 5.87. The molecule has 4 heteroatoms. The molecule has 0 saturated carbocycles. The highest BCUT2D eigenvalue weighted by atomic mass is 32.1. The lowest BCUT2D eigenvalue weighted by atomic mass is 10.2. The Labute approximate surface area is 133 Å². The fourth-order valence-electron chi connectivity index (χ4n) is 1.97. The number of thiazole rings is 1. The molecule has 0 unspecified atom stereocenters. The van der Waals surface area contributed by atoms with Crippen LogP contribution in [0.5, 0.6) is 0 Å². The van der Waals surface area contributed by atoms with Crippen LogP contribution in [0.4, 0.5) is 5.82 Å². The van der Waals surface area contributed by atoms with Crippen LogP contribution in [0.2, 0.25) is 0 Å². The second kappa shape index (κ2) is 6.42. The van der Waals surface area contributed by atoms with Crippen molar-refractivity contribution < 1.29 is 0 Å². The molecule has 1 N–H and O–H groups in total. The van der Waals surface area contributed by atoms with Crippen molar-refractivity contribution in [2.45, 2.75) is 6.92 Å². The predicted octanol–water partition coefficient (Wildman–Crippen LogP) is 4.11. The molecule has 2 aromatic heterocycles. The molecule has 0 amide bonds. The van der Waals surface area contributed by atoms with Crippen molar-refractivity contribution in [2.24, 2.45) is 0 Å². The third-order valence-corrected chi connectivity index (χ3v) is 4.09. The quantitative estimate of drug-likeness (QED) is 0.724. The van der Waals surface area contributed by atoms with Crippen LogP contribution in [0.25, 0.3) is 16.3 Å². The van der Waals surface area contributed by atoms with Crippen LogP contribution in [0, 0.1) is 18.8 Å². The minimum absolute atomic E-state index is 0.839. The van der Waals surface area contributed by atoms with Crippen molar-refractivity contribution >= 4 is 33.4 Å². The zero-order valence-corrected chi connectivity index (χ0v) is 13.2. The summed E-state index contributed by atoms with van der Waals surface area (Å²) in [7, 11) is 1.84. The number of aromatic nitrogens is 2. The first kappa shape index (κ1) is 14.3. The molecule has 0 aliphatic rings. The topological polar surface area (TPSA) is 37.8 Å². The van der Waals surface area contributed by atoms with Gasteiger partial charge in [0.25, 0.3) is 0 Å². The Morgan fingerprint density at radius 2 is 2.14 bits per heavy atom. The van der Waals surface area contributed by atoms with Gasteiger partial charge in [-0.25, -0.2) is 9.97 Å². The maximum absolute atomic E-state index is 4.56. The number of benzene rings is 1. The molecule has 0 fully saturated rings. The van der Waals surface area contributed by atoms with Gasteiger partial charge < -0.3 is 5.32 Å². The Kier molecular flexibility index (Phi) is 4.17. The number of aryl methyl sites for hydroxylation is 1. The Morgan fingerprint density at radius 3 is 2.91 bits per heavy atom. The molecular weight excluding hydrogens is 290 g/mol. The molecule has 3 nitrogen and oxygen atoms in total. The molecule has 108 valence electrons. The molecule has 0 aliphatic heterocycles. The van der Waals surface area contributed by atoms with E-state index in [1.165, 1.54) is 10.3 Å². The number of allylic oxidation sites excluding steroid dienone is 1. The van der Waals surface area contributed by atoms with Gasteiger partial charge in [-0.1, -0.05) is 17.9 Å². The number of pyridine rings is 1. The lowest BCUT2D eigenvalue weighted by Gasteiger charge is -1.96. The SMILES string of the molecule is CNc1ccc(C#C/C=C/c2nc3ccc(C)cc3s2)cn1. The smallest absolute Gasteiger partial charge is 0.125 e. The number of fused-ring (bicyclic) bond motifs is 1. The first-order valence-electron chi connectivity index (χ1n) is 6.94. The summed E-state index contributed by atoms with van der Waals surface area (Å²) in [4.78, 5) is 8.79. The van der Waals surface area contributed by atoms with Crippen LogP contribution < -0.4 is 5.32 Å². The molecule has 0 aliphatic carbocycles. The summed E-state index contributed by atoms with van der Waals surface area (Å²) in [5, 5.41) is 3.95. The molecule has 0 bridgehead atoms. The average Bonchev–Trinajstić information content (AvgIpc) is 2.94. The third-order valence-electron chi connectivity index (χ3n) is 3.11. The van der Waals surface area contributed by atoms with E-state index in [2.05, 4.69) is 52.2 Å². The highest BCUT2D eigenvalue weighted by Gasteiger charge is 2.00. The number of hydrogen-bond donors (Lipinski definition) is 1. The lowest BCUT2D eigenvalue weighted by Crippen LogP contribution is -1.90. The summed E-state index contributed by atoms with van der Waals surface area (Å²) < 4.78 is 1.21. The first-order valence-corrected chi connectivity index (χ1v) is 7.75. The minimum atomic E-state index is 0.839. The van der Waals surface area contributed by atoms with Crippen molar-refractivity contribution in [2.75, 3.05) is 12.4 Å². The van der Waals surface area contributed by atoms with Crippen LogP contribution in [0.1, 0.15) is 16.1 Å². The summed E-state index contributed by atoms with van der Waals surface area (Å²) in [5.74, 6) is 6.92. The normalized spacial score (nSPS) is 10.6. The van der Waals surface area contributed by atoms with E-state index < -0.39 is 0 Å². The van der Waals surface area contributed by atoms with Crippen LogP contribution in [-0.4, -0.2) is 17.0 Å². The Bertz CT molecular complexity index is 880. The van der Waals surface area contributed by atoms with E-state index in [9.17, 15) is 0 Å². The van der Waals surface area contributed by atoms with E-state index >= 15 is 0 Å². The molecule has 2 heterocycles. The van der Waals surface area contributed by atoms with E-state index in [1.807, 2.05) is 31.3 Å². The molecule has 3 aromatic rings. The zero-order chi connectivity index (χ0) is 15.4. The van der Waals surface area contributed by atoms with Crippen LogP contribution in [0.3, 0.4) is 0 Å². The number of rotatable bonds is 2. The second-order valence-electron chi connectivity index (χ2n) is 4.81. The van der Waals surface area contributed by atoms with Gasteiger partial charge in [-0.3, -0.25) is 0 Å². The van der Waals surface area contributed by atoms with E-state index in [-0.39, 0.29) is 0 Å². The molecule has 0 spiro atoms. The van der Waals surface area contributed by atoms with Crippen LogP contribution >= 0.6 is 11.3 Å². The Balaban J connectivity index is 1.74. The predicted molar refractivity (Wildman–Crippen MR) is 94.1 cm³/mol. The number of nitrogens with one attached hydrogen (secondary N) is 1. The number of nitrogens with zero attached hydrogens (tertiary/aromatic N) is 2. The van der Waals surface area contributed by atoms with Crippen molar-refractivity contribution in [3.05, 3.63) is 58.7 Å². The fourth-order valence-corrected chi connectivity index (χ4v) is 2.94. The molecule has 3 rings (SSSR count). The zero-order valence-electron chi connectivity index (χ0n) is 12.4. The van der Waals surface area contributed by atoms with Crippen molar-refractivity contribution in [1.82, 2.24) is 9.97 Å². The molecule has 22 heavy (non-hydrogen) atoms. The van der Waals surface area contributed by atoms with Gasteiger partial charge in [-0.2, -0.15) is 0 Å². The van der Waals surface area contributed by atoms with Crippen LogP contribution in [-0.2, 0) is 0 Å². The summed E-state index contributed by atoms with van der Waals surface area (Å²) in [6, 6.07) is 10.1. The van der Waals surface area contributed by atoms with Crippen molar-refractivity contribution in [1.29, 1.82) is 0 Å². The maximum atomic E-state index is 4.56. The fraction of sp³-hybridized carbons (Fsp3) is 0.111. The summed E-state index contributed by atoms with van der Waals surface area (Å²) in [6.07, 6.45) is 5.53. The van der Waals surface area contributed by atoms with Gasteiger partial charge in [0.05, 0.1) is 10.2 Å². The van der Waals surface area contributed by atoms with E-state index in [0.717, 1.165) is 21.9 Å². The van der Waals surface area contributed by atoms with E-state index in [0.29, 0.717) is 0 Å². The Morgan fingerprint density at radius 1 is 1.23 bits per heavy atom. The monoisotopic (exact) mass is 305 g/mol. The molecule has 1 aromatic carbocycles. The first-order chi connectivity index (χ1) is 10.7. The molecule has 0 atom stereocenters. The summed E-state index contributed by atoms with van der Waals surface area (Å²) in [6.45, 7) is 2.09. The van der Waals surface area contributed by atoms with Gasteiger partial charge >= 0.3 is 0 Å². The average molecular weight is 305 g/mol. The summed E-state index contributed by atoms with van der Waals surface area (Å²) >= 11 is 1.68. The highest BCUT2D eigenvalue weighted by molar-refractivity contribution is 7.19. The molecule has 0 saturated heterocycles. The van der Waals surface area contributed by atoms with Gasteiger partial charge in [0, 0.05) is 18.8 Å². The standard InChI is InChI=1S/C18H15N3S/c1-13-7-9-15-16(11-13)22-18(21-15)6-4-3-5-14-8-10-17(19-2)20-12-14/h4,6-12H,1-2H3,(H,19,20)/b6-4+. The highest BCUT2D eigenvalue weighted by Crippen LogP contribution is 2.23. The molecule has 0 radical (unpaired) electrons. The largest absolute Gasteiger partial charge is 0.373 e. The number of hydrogen-bond acceptors (Lipinski definition) is 4. The van der Waals surface area contributed by atoms with Gasteiger partial charge in [-0.05, 0) is 48.9 Å². The summed E-state index contributed by atoms with van der Waals surface area (Å²) in [5.41, 5.74) is 3.18. The van der Waals surface area contributed by atoms with Gasteiger partial charge in [0.2, 0.25) is 0 Å². The van der Waals surface area contributed by atoms with E-state index in [1.54, 1.807) is 17.5 Å². The van der Waals surface area contributed by atoms with Gasteiger partial charge in [0.1, 0.15) is 10.8 Å². The van der Waals surface area contributed by atoms with Crippen molar-refractivity contribution in [3.8, 4) is 11.8 Å². The lowest BCUT2D eigenvalue weighted by molar-refractivity contribution is 1.28. The third kappa shape index (κ3) is 3.33. The minimum Gasteiger partial charge on any atom is -0.373 e. The number of anilines is 1.